The third-order valence-corrected chi connectivity index (χ3v) is 3.41. The van der Waals surface area contributed by atoms with Crippen LogP contribution in [0.3, 0.4) is 0 Å². The van der Waals surface area contributed by atoms with Crippen molar-refractivity contribution in [3.8, 4) is 0 Å². The van der Waals surface area contributed by atoms with Gasteiger partial charge in [-0.05, 0) is 27.6 Å². The Morgan fingerprint density at radius 1 is 1.64 bits per heavy atom. The van der Waals surface area contributed by atoms with Gasteiger partial charge in [-0.1, -0.05) is 0 Å². The van der Waals surface area contributed by atoms with E-state index in [-0.39, 0.29) is 5.60 Å². The predicted molar refractivity (Wildman–Crippen MR) is 58.3 cm³/mol. The lowest BCUT2D eigenvalue weighted by molar-refractivity contribution is -0.0503. The monoisotopic (exact) mass is 256 g/mol. The average molecular weight is 257 g/mol. The summed E-state index contributed by atoms with van der Waals surface area (Å²) in [4.78, 5) is 4.04. The van der Waals surface area contributed by atoms with Crippen LogP contribution in [-0.4, -0.2) is 30.8 Å². The standard InChI is InChI=1S/C10H13BrN2O/c1-14-10(6-13-7-10)4-8-2-3-12-5-9(8)11/h2-3,5,13H,4,6-7H2,1H3. The molecule has 1 aliphatic heterocycles. The first kappa shape index (κ1) is 10.1. The predicted octanol–water partition coefficient (Wildman–Crippen LogP) is 1.38. The number of ether oxygens (including phenoxy) is 1. The van der Waals surface area contributed by atoms with Gasteiger partial charge in [0, 0.05) is 43.5 Å². The molecule has 0 atom stereocenters. The van der Waals surface area contributed by atoms with Crippen LogP contribution < -0.4 is 5.32 Å². The zero-order chi connectivity index (χ0) is 10.0. The molecule has 0 aliphatic carbocycles. The fourth-order valence-corrected chi connectivity index (χ4v) is 2.03. The lowest BCUT2D eigenvalue weighted by Gasteiger charge is -2.41. The van der Waals surface area contributed by atoms with Gasteiger partial charge in [-0.3, -0.25) is 4.98 Å². The van der Waals surface area contributed by atoms with Gasteiger partial charge < -0.3 is 10.1 Å². The number of nitrogens with one attached hydrogen (secondary N) is 1. The molecule has 1 fully saturated rings. The average Bonchev–Trinajstić information content (AvgIpc) is 2.14. The van der Waals surface area contributed by atoms with E-state index in [9.17, 15) is 0 Å². The van der Waals surface area contributed by atoms with E-state index in [4.69, 9.17) is 4.74 Å². The minimum absolute atomic E-state index is 0.0100. The smallest absolute Gasteiger partial charge is 0.0966 e. The van der Waals surface area contributed by atoms with Gasteiger partial charge >= 0.3 is 0 Å². The van der Waals surface area contributed by atoms with Crippen molar-refractivity contribution >= 4 is 15.9 Å². The Labute approximate surface area is 92.0 Å². The number of aromatic nitrogens is 1. The highest BCUT2D eigenvalue weighted by Crippen LogP contribution is 2.25. The third-order valence-electron chi connectivity index (χ3n) is 2.70. The van der Waals surface area contributed by atoms with Gasteiger partial charge in [0.25, 0.3) is 0 Å². The molecule has 1 aliphatic rings. The second kappa shape index (κ2) is 3.96. The summed E-state index contributed by atoms with van der Waals surface area (Å²) in [6, 6.07) is 2.03. The van der Waals surface area contributed by atoms with Crippen LogP contribution in [0.5, 0.6) is 0 Å². The van der Waals surface area contributed by atoms with E-state index in [1.807, 2.05) is 18.5 Å². The molecule has 14 heavy (non-hydrogen) atoms. The first-order chi connectivity index (χ1) is 6.76. The summed E-state index contributed by atoms with van der Waals surface area (Å²) in [5, 5.41) is 3.24. The van der Waals surface area contributed by atoms with E-state index in [2.05, 4.69) is 26.2 Å². The molecule has 3 nitrogen and oxygen atoms in total. The summed E-state index contributed by atoms with van der Waals surface area (Å²) in [6.07, 6.45) is 4.57. The summed E-state index contributed by atoms with van der Waals surface area (Å²) >= 11 is 3.49. The minimum Gasteiger partial charge on any atom is -0.375 e. The molecule has 0 saturated carbocycles. The number of pyridine rings is 1. The van der Waals surface area contributed by atoms with E-state index in [1.165, 1.54) is 5.56 Å². The maximum atomic E-state index is 5.53. The molecular formula is C10H13BrN2O. The second-order valence-electron chi connectivity index (χ2n) is 3.63. The van der Waals surface area contributed by atoms with E-state index in [1.54, 1.807) is 7.11 Å². The summed E-state index contributed by atoms with van der Waals surface area (Å²) in [6.45, 7) is 1.86. The fourth-order valence-electron chi connectivity index (χ4n) is 1.64. The molecule has 0 spiro atoms. The van der Waals surface area contributed by atoms with E-state index in [0.29, 0.717) is 0 Å². The Hall–Kier alpha value is -0.450. The normalized spacial score (nSPS) is 19.0. The highest BCUT2D eigenvalue weighted by molar-refractivity contribution is 9.10. The van der Waals surface area contributed by atoms with Crippen molar-refractivity contribution in [2.75, 3.05) is 20.2 Å². The first-order valence-electron chi connectivity index (χ1n) is 4.60. The number of methoxy groups -OCH3 is 1. The zero-order valence-electron chi connectivity index (χ0n) is 8.09. The van der Waals surface area contributed by atoms with Gasteiger partial charge in [0.15, 0.2) is 0 Å². The highest BCUT2D eigenvalue weighted by atomic mass is 79.9. The van der Waals surface area contributed by atoms with Crippen LogP contribution in [0, 0.1) is 0 Å². The van der Waals surface area contributed by atoms with Gasteiger partial charge in [-0.2, -0.15) is 0 Å². The van der Waals surface area contributed by atoms with Gasteiger partial charge in [-0.15, -0.1) is 0 Å². The van der Waals surface area contributed by atoms with Crippen molar-refractivity contribution in [2.24, 2.45) is 0 Å². The molecule has 4 heteroatoms. The summed E-state index contributed by atoms with van der Waals surface area (Å²) in [5.41, 5.74) is 1.24. The molecular weight excluding hydrogens is 244 g/mol. The molecule has 1 saturated heterocycles. The molecule has 2 rings (SSSR count). The molecule has 0 bridgehead atoms. The Kier molecular flexibility index (Phi) is 2.85. The number of halogens is 1. The molecule has 0 amide bonds. The Bertz CT molecular complexity index is 320. The lowest BCUT2D eigenvalue weighted by Crippen LogP contribution is -2.61. The number of nitrogens with zero attached hydrogens (tertiary/aromatic N) is 1. The number of hydrogen-bond acceptors (Lipinski definition) is 3. The van der Waals surface area contributed by atoms with Crippen LogP contribution in [0.4, 0.5) is 0 Å². The Morgan fingerprint density at radius 2 is 2.43 bits per heavy atom. The van der Waals surface area contributed by atoms with Crippen molar-refractivity contribution in [2.45, 2.75) is 12.0 Å². The Morgan fingerprint density at radius 3 is 2.93 bits per heavy atom. The van der Waals surface area contributed by atoms with Gasteiger partial charge in [-0.25, -0.2) is 0 Å². The van der Waals surface area contributed by atoms with Crippen LogP contribution in [0.1, 0.15) is 5.56 Å². The number of rotatable bonds is 3. The van der Waals surface area contributed by atoms with Crippen molar-refractivity contribution < 1.29 is 4.74 Å². The molecule has 1 aromatic heterocycles. The van der Waals surface area contributed by atoms with Crippen LogP contribution >= 0.6 is 15.9 Å². The van der Waals surface area contributed by atoms with E-state index < -0.39 is 0 Å². The lowest BCUT2D eigenvalue weighted by atomic mass is 9.89. The Balaban J connectivity index is 2.13. The molecule has 0 unspecified atom stereocenters. The maximum Gasteiger partial charge on any atom is 0.0966 e. The van der Waals surface area contributed by atoms with Crippen molar-refractivity contribution in [3.63, 3.8) is 0 Å². The van der Waals surface area contributed by atoms with Gasteiger partial charge in [0.2, 0.25) is 0 Å². The first-order valence-corrected chi connectivity index (χ1v) is 5.39. The molecule has 1 aromatic rings. The van der Waals surface area contributed by atoms with Crippen LogP contribution in [-0.2, 0) is 11.2 Å². The topological polar surface area (TPSA) is 34.1 Å². The SMILES string of the molecule is COC1(Cc2ccncc2Br)CNC1. The van der Waals surface area contributed by atoms with Crippen LogP contribution in [0.25, 0.3) is 0 Å². The van der Waals surface area contributed by atoms with Crippen molar-refractivity contribution in [3.05, 3.63) is 28.5 Å². The van der Waals surface area contributed by atoms with Gasteiger partial charge in [0.1, 0.15) is 0 Å². The summed E-state index contributed by atoms with van der Waals surface area (Å²) < 4.78 is 6.59. The second-order valence-corrected chi connectivity index (χ2v) is 4.49. The quantitative estimate of drug-likeness (QED) is 0.888. The minimum atomic E-state index is -0.0100. The van der Waals surface area contributed by atoms with E-state index >= 15 is 0 Å². The molecule has 2 heterocycles. The third kappa shape index (κ3) is 1.82. The fraction of sp³-hybridized carbons (Fsp3) is 0.500. The zero-order valence-corrected chi connectivity index (χ0v) is 9.67. The number of hydrogen-bond donors (Lipinski definition) is 1. The molecule has 0 aromatic carbocycles. The van der Waals surface area contributed by atoms with Crippen LogP contribution in [0.15, 0.2) is 22.9 Å². The van der Waals surface area contributed by atoms with E-state index in [0.717, 1.165) is 24.0 Å². The maximum absolute atomic E-state index is 5.53. The summed E-state index contributed by atoms with van der Waals surface area (Å²) in [5.74, 6) is 0. The summed E-state index contributed by atoms with van der Waals surface area (Å²) in [7, 11) is 1.77. The van der Waals surface area contributed by atoms with Crippen molar-refractivity contribution in [1.29, 1.82) is 0 Å². The molecule has 1 N–H and O–H groups in total. The molecule has 76 valence electrons. The van der Waals surface area contributed by atoms with Crippen molar-refractivity contribution in [1.82, 2.24) is 10.3 Å². The van der Waals surface area contributed by atoms with Gasteiger partial charge in [0.05, 0.1) is 5.60 Å². The molecule has 0 radical (unpaired) electrons. The largest absolute Gasteiger partial charge is 0.375 e. The van der Waals surface area contributed by atoms with Crippen LogP contribution in [0.2, 0.25) is 0 Å². The highest BCUT2D eigenvalue weighted by Gasteiger charge is 2.37.